The minimum Gasteiger partial charge on any atom is -0.504 e. The number of methoxy groups -OCH3 is 1. The van der Waals surface area contributed by atoms with E-state index in [1.165, 1.54) is 13.2 Å². The van der Waals surface area contributed by atoms with E-state index in [-0.39, 0.29) is 28.5 Å². The normalized spacial score (nSPS) is 11.6. The molecule has 0 bridgehead atoms. The number of ether oxygens (including phenoxy) is 1. The second-order valence-corrected chi connectivity index (χ2v) is 4.77. The number of hydrogen-bond donors (Lipinski definition) is 2. The summed E-state index contributed by atoms with van der Waals surface area (Å²) in [5.74, 6) is -0.757. The van der Waals surface area contributed by atoms with E-state index >= 15 is 0 Å². The molecule has 0 unspecified atom stereocenters. The average Bonchev–Trinajstić information content (AvgIpc) is 2.17. The van der Waals surface area contributed by atoms with Crippen molar-refractivity contribution < 1.29 is 14.2 Å². The van der Waals surface area contributed by atoms with Gasteiger partial charge in [0, 0.05) is 17.2 Å². The van der Waals surface area contributed by atoms with Crippen molar-refractivity contribution in [2.75, 3.05) is 7.11 Å². The molecule has 3 nitrogen and oxygen atoms in total. The van der Waals surface area contributed by atoms with Crippen molar-refractivity contribution in [3.63, 3.8) is 0 Å². The number of halogens is 2. The zero-order valence-electron chi connectivity index (χ0n) is 9.47. The Morgan fingerprint density at radius 2 is 2.12 bits per heavy atom. The van der Waals surface area contributed by atoms with Gasteiger partial charge in [0.1, 0.15) is 5.82 Å². The van der Waals surface area contributed by atoms with E-state index in [0.29, 0.717) is 0 Å². The van der Waals surface area contributed by atoms with Gasteiger partial charge in [0.15, 0.2) is 11.5 Å². The van der Waals surface area contributed by atoms with Crippen LogP contribution in [0.25, 0.3) is 0 Å². The van der Waals surface area contributed by atoms with E-state index in [1.54, 1.807) is 13.8 Å². The molecule has 0 aliphatic carbocycles. The SMILES string of the molecule is COc1cc(Cl)c(F)c(CC(C)(C)N)c1O. The van der Waals surface area contributed by atoms with E-state index < -0.39 is 11.4 Å². The third kappa shape index (κ3) is 2.77. The second-order valence-electron chi connectivity index (χ2n) is 4.37. The molecule has 5 heteroatoms. The Bertz CT molecular complexity index is 402. The predicted octanol–water partition coefficient (Wildman–Crippen LogP) is 2.47. The Kier molecular flexibility index (Phi) is 3.65. The number of rotatable bonds is 3. The van der Waals surface area contributed by atoms with Crippen LogP contribution in [-0.4, -0.2) is 17.8 Å². The van der Waals surface area contributed by atoms with E-state index in [0.717, 1.165) is 0 Å². The fourth-order valence-electron chi connectivity index (χ4n) is 1.42. The first-order valence-corrected chi connectivity index (χ1v) is 5.17. The van der Waals surface area contributed by atoms with Crippen LogP contribution in [0, 0.1) is 5.82 Å². The summed E-state index contributed by atoms with van der Waals surface area (Å²) in [7, 11) is 1.38. The molecule has 0 fully saturated rings. The van der Waals surface area contributed by atoms with Crippen LogP contribution in [0.2, 0.25) is 5.02 Å². The lowest BCUT2D eigenvalue weighted by Gasteiger charge is -2.20. The van der Waals surface area contributed by atoms with Crippen molar-refractivity contribution >= 4 is 11.6 Å². The van der Waals surface area contributed by atoms with Crippen molar-refractivity contribution in [2.24, 2.45) is 5.73 Å². The first kappa shape index (κ1) is 13.1. The summed E-state index contributed by atoms with van der Waals surface area (Å²) < 4.78 is 18.6. The molecule has 0 amide bonds. The molecule has 1 rings (SSSR count). The lowest BCUT2D eigenvalue weighted by atomic mass is 9.95. The van der Waals surface area contributed by atoms with Crippen molar-refractivity contribution in [1.29, 1.82) is 0 Å². The van der Waals surface area contributed by atoms with Gasteiger partial charge >= 0.3 is 0 Å². The van der Waals surface area contributed by atoms with Crippen LogP contribution in [0.5, 0.6) is 11.5 Å². The van der Waals surface area contributed by atoms with Gasteiger partial charge in [-0.15, -0.1) is 0 Å². The highest BCUT2D eigenvalue weighted by molar-refractivity contribution is 6.31. The number of nitrogens with two attached hydrogens (primary N) is 1. The van der Waals surface area contributed by atoms with Gasteiger partial charge in [-0.1, -0.05) is 11.6 Å². The number of hydrogen-bond acceptors (Lipinski definition) is 3. The maximum Gasteiger partial charge on any atom is 0.164 e. The lowest BCUT2D eigenvalue weighted by Crippen LogP contribution is -2.34. The first-order valence-electron chi connectivity index (χ1n) is 4.79. The topological polar surface area (TPSA) is 55.5 Å². The number of aromatic hydroxyl groups is 1. The van der Waals surface area contributed by atoms with Gasteiger partial charge in [-0.3, -0.25) is 0 Å². The summed E-state index contributed by atoms with van der Waals surface area (Å²) in [6.07, 6.45) is 0.168. The third-order valence-electron chi connectivity index (χ3n) is 2.10. The van der Waals surface area contributed by atoms with Crippen LogP contribution < -0.4 is 10.5 Å². The van der Waals surface area contributed by atoms with Gasteiger partial charge in [0.05, 0.1) is 12.1 Å². The molecule has 0 radical (unpaired) electrons. The highest BCUT2D eigenvalue weighted by Crippen LogP contribution is 2.37. The molecular weight excluding hydrogens is 233 g/mol. The van der Waals surface area contributed by atoms with Crippen LogP contribution >= 0.6 is 11.6 Å². The molecule has 0 heterocycles. The minimum atomic E-state index is -0.654. The quantitative estimate of drug-likeness (QED) is 0.863. The van der Waals surface area contributed by atoms with Crippen molar-refractivity contribution in [1.82, 2.24) is 0 Å². The van der Waals surface area contributed by atoms with Gasteiger partial charge in [0.2, 0.25) is 0 Å². The number of benzene rings is 1. The van der Waals surface area contributed by atoms with E-state index in [2.05, 4.69) is 0 Å². The van der Waals surface area contributed by atoms with E-state index in [4.69, 9.17) is 22.1 Å². The molecular formula is C11H15ClFNO2. The molecule has 0 saturated carbocycles. The summed E-state index contributed by atoms with van der Waals surface area (Å²) in [5.41, 5.74) is 5.22. The zero-order valence-corrected chi connectivity index (χ0v) is 10.2. The van der Waals surface area contributed by atoms with Crippen LogP contribution in [0.3, 0.4) is 0 Å². The summed E-state index contributed by atoms with van der Waals surface area (Å²) in [4.78, 5) is 0. The average molecular weight is 248 g/mol. The molecule has 3 N–H and O–H groups in total. The molecule has 0 saturated heterocycles. The molecule has 1 aromatic carbocycles. The maximum absolute atomic E-state index is 13.7. The summed E-state index contributed by atoms with van der Waals surface area (Å²) in [6.45, 7) is 3.47. The lowest BCUT2D eigenvalue weighted by molar-refractivity contribution is 0.362. The third-order valence-corrected chi connectivity index (χ3v) is 2.38. The van der Waals surface area contributed by atoms with Crippen LogP contribution in [0.1, 0.15) is 19.4 Å². The summed E-state index contributed by atoms with van der Waals surface area (Å²) >= 11 is 5.69. The largest absolute Gasteiger partial charge is 0.504 e. The monoisotopic (exact) mass is 247 g/mol. The van der Waals surface area contributed by atoms with Crippen LogP contribution in [0.15, 0.2) is 6.07 Å². The maximum atomic E-state index is 13.7. The predicted molar refractivity (Wildman–Crippen MR) is 61.6 cm³/mol. The molecule has 16 heavy (non-hydrogen) atoms. The number of phenols is 1. The molecule has 0 aliphatic heterocycles. The van der Waals surface area contributed by atoms with Gasteiger partial charge < -0.3 is 15.6 Å². The highest BCUT2D eigenvalue weighted by atomic mass is 35.5. The first-order chi connectivity index (χ1) is 7.26. The minimum absolute atomic E-state index is 0.0804. The van der Waals surface area contributed by atoms with E-state index in [1.807, 2.05) is 0 Å². The van der Waals surface area contributed by atoms with Crippen LogP contribution in [-0.2, 0) is 6.42 Å². The fraction of sp³-hybridized carbons (Fsp3) is 0.455. The molecule has 0 spiro atoms. The molecule has 0 aliphatic rings. The Morgan fingerprint density at radius 1 is 1.56 bits per heavy atom. The Balaban J connectivity index is 3.30. The van der Waals surface area contributed by atoms with Crippen molar-refractivity contribution in [3.8, 4) is 11.5 Å². The van der Waals surface area contributed by atoms with Gasteiger partial charge in [-0.05, 0) is 20.3 Å². The molecule has 90 valence electrons. The Labute approximate surface area is 99.0 Å². The zero-order chi connectivity index (χ0) is 12.5. The van der Waals surface area contributed by atoms with Crippen LogP contribution in [0.4, 0.5) is 4.39 Å². The fourth-order valence-corrected chi connectivity index (χ4v) is 1.63. The molecule has 0 atom stereocenters. The Morgan fingerprint density at radius 3 is 2.56 bits per heavy atom. The smallest absolute Gasteiger partial charge is 0.164 e. The highest BCUT2D eigenvalue weighted by Gasteiger charge is 2.22. The standard InChI is InChI=1S/C11H15ClFNO2/c1-11(2,14)5-6-9(13)7(12)4-8(16-3)10(6)15/h4,15H,5,14H2,1-3H3. The van der Waals surface area contributed by atoms with Crippen molar-refractivity contribution in [3.05, 3.63) is 22.5 Å². The van der Waals surface area contributed by atoms with E-state index in [9.17, 15) is 9.50 Å². The Hall–Kier alpha value is -1.00. The summed E-state index contributed by atoms with van der Waals surface area (Å²) in [5, 5.41) is 9.69. The van der Waals surface area contributed by atoms with Gasteiger partial charge in [0.25, 0.3) is 0 Å². The van der Waals surface area contributed by atoms with Crippen molar-refractivity contribution in [2.45, 2.75) is 25.8 Å². The van der Waals surface area contributed by atoms with Gasteiger partial charge in [-0.25, -0.2) is 4.39 Å². The molecule has 0 aromatic heterocycles. The number of phenolic OH excluding ortho intramolecular Hbond substituents is 1. The van der Waals surface area contributed by atoms with Gasteiger partial charge in [-0.2, -0.15) is 0 Å². The second kappa shape index (κ2) is 4.47. The molecule has 1 aromatic rings. The summed E-state index contributed by atoms with van der Waals surface area (Å²) in [6, 6.07) is 1.24.